The van der Waals surface area contributed by atoms with Gasteiger partial charge in [-0.1, -0.05) is 19.1 Å². The average molecular weight is 232 g/mol. The van der Waals surface area contributed by atoms with Crippen molar-refractivity contribution in [2.24, 2.45) is 5.92 Å². The Labute approximate surface area is 101 Å². The fraction of sp³-hybridized carbons (Fsp3) is 0.357. The first-order valence-corrected chi connectivity index (χ1v) is 5.71. The molecule has 0 fully saturated rings. The number of benzene rings is 1. The molecule has 1 heterocycles. The third kappa shape index (κ3) is 2.87. The van der Waals surface area contributed by atoms with Crippen molar-refractivity contribution in [3.8, 4) is 11.5 Å². The van der Waals surface area contributed by atoms with Crippen LogP contribution in [0, 0.1) is 5.92 Å². The van der Waals surface area contributed by atoms with E-state index in [9.17, 15) is 4.79 Å². The Hall–Kier alpha value is -1.77. The molecule has 2 rings (SSSR count). The minimum absolute atomic E-state index is 0.304. The van der Waals surface area contributed by atoms with Crippen LogP contribution in [-0.2, 0) is 11.2 Å². The Morgan fingerprint density at radius 1 is 1.41 bits per heavy atom. The molecule has 1 atom stereocenters. The Bertz CT molecular complexity index is 449. The molecule has 90 valence electrons. The van der Waals surface area contributed by atoms with Crippen LogP contribution in [0.5, 0.6) is 11.5 Å². The summed E-state index contributed by atoms with van der Waals surface area (Å²) in [5.41, 5.74) is 1.97. The van der Waals surface area contributed by atoms with E-state index in [0.29, 0.717) is 12.7 Å². The Balaban J connectivity index is 2.06. The summed E-state index contributed by atoms with van der Waals surface area (Å²) in [6.07, 6.45) is 3.76. The lowest BCUT2D eigenvalue weighted by Crippen LogP contribution is -1.97. The minimum Gasteiger partial charge on any atom is -0.454 e. The molecule has 0 bridgehead atoms. The molecule has 1 aliphatic heterocycles. The minimum atomic E-state index is 0.304. The van der Waals surface area contributed by atoms with E-state index in [1.807, 2.05) is 31.2 Å². The van der Waals surface area contributed by atoms with E-state index < -0.39 is 0 Å². The number of hydrogen-bond acceptors (Lipinski definition) is 3. The molecule has 0 amide bonds. The van der Waals surface area contributed by atoms with Crippen LogP contribution in [0.2, 0.25) is 0 Å². The van der Waals surface area contributed by atoms with E-state index in [4.69, 9.17) is 9.47 Å². The van der Waals surface area contributed by atoms with Crippen molar-refractivity contribution in [3.63, 3.8) is 0 Å². The van der Waals surface area contributed by atoms with Crippen LogP contribution in [-0.4, -0.2) is 13.1 Å². The summed E-state index contributed by atoms with van der Waals surface area (Å²) in [5.74, 6) is 1.95. The standard InChI is InChI=1S/C14H16O3/c1-10(5-11(2)8-15)6-12-3-4-13-14(7-12)17-9-16-13/h3-5,7-8,10H,6,9H2,1-2H3. The predicted molar refractivity (Wildman–Crippen MR) is 65.3 cm³/mol. The van der Waals surface area contributed by atoms with Crippen LogP contribution in [0.3, 0.4) is 0 Å². The number of carbonyl (C=O) groups is 1. The molecule has 0 aliphatic carbocycles. The number of aldehydes is 1. The third-order valence-corrected chi connectivity index (χ3v) is 2.73. The zero-order chi connectivity index (χ0) is 12.3. The molecule has 0 radical (unpaired) electrons. The quantitative estimate of drug-likeness (QED) is 0.591. The first-order valence-electron chi connectivity index (χ1n) is 5.71. The zero-order valence-electron chi connectivity index (χ0n) is 10.1. The maximum absolute atomic E-state index is 10.5. The van der Waals surface area contributed by atoms with Gasteiger partial charge in [0.2, 0.25) is 6.79 Å². The highest BCUT2D eigenvalue weighted by molar-refractivity contribution is 5.72. The highest BCUT2D eigenvalue weighted by Crippen LogP contribution is 2.33. The largest absolute Gasteiger partial charge is 0.454 e. The van der Waals surface area contributed by atoms with Crippen molar-refractivity contribution < 1.29 is 14.3 Å². The van der Waals surface area contributed by atoms with Crippen molar-refractivity contribution in [2.75, 3.05) is 6.79 Å². The number of fused-ring (bicyclic) bond motifs is 1. The van der Waals surface area contributed by atoms with Gasteiger partial charge in [-0.2, -0.15) is 0 Å². The van der Waals surface area contributed by atoms with Gasteiger partial charge in [-0.3, -0.25) is 4.79 Å². The monoisotopic (exact) mass is 232 g/mol. The molecule has 3 heteroatoms. The molecule has 0 spiro atoms. The van der Waals surface area contributed by atoms with E-state index >= 15 is 0 Å². The molecule has 17 heavy (non-hydrogen) atoms. The van der Waals surface area contributed by atoms with Crippen LogP contribution < -0.4 is 9.47 Å². The summed E-state index contributed by atoms with van der Waals surface area (Å²) < 4.78 is 10.6. The van der Waals surface area contributed by atoms with Crippen molar-refractivity contribution >= 4 is 6.29 Å². The van der Waals surface area contributed by atoms with E-state index in [1.165, 1.54) is 5.56 Å². The normalized spacial score (nSPS) is 15.8. The molecule has 1 aromatic rings. The van der Waals surface area contributed by atoms with Crippen LogP contribution in [0.15, 0.2) is 29.8 Å². The Morgan fingerprint density at radius 3 is 2.94 bits per heavy atom. The summed E-state index contributed by atoms with van der Waals surface area (Å²) in [4.78, 5) is 10.5. The second kappa shape index (κ2) is 5.04. The van der Waals surface area contributed by atoms with Crippen LogP contribution in [0.25, 0.3) is 0 Å². The van der Waals surface area contributed by atoms with Crippen molar-refractivity contribution in [3.05, 3.63) is 35.4 Å². The van der Waals surface area contributed by atoms with E-state index in [0.717, 1.165) is 29.8 Å². The van der Waals surface area contributed by atoms with E-state index in [2.05, 4.69) is 6.92 Å². The van der Waals surface area contributed by atoms with Gasteiger partial charge in [0, 0.05) is 0 Å². The maximum Gasteiger partial charge on any atom is 0.231 e. The molecular weight excluding hydrogens is 216 g/mol. The highest BCUT2D eigenvalue weighted by atomic mass is 16.7. The number of carbonyl (C=O) groups excluding carboxylic acids is 1. The smallest absolute Gasteiger partial charge is 0.231 e. The first kappa shape index (κ1) is 11.7. The predicted octanol–water partition coefficient (Wildman–Crippen LogP) is 2.74. The average Bonchev–Trinajstić information content (AvgIpc) is 2.75. The molecule has 0 aromatic heterocycles. The fourth-order valence-corrected chi connectivity index (χ4v) is 1.99. The summed E-state index contributed by atoms with van der Waals surface area (Å²) in [7, 11) is 0. The first-order chi connectivity index (χ1) is 8.19. The Morgan fingerprint density at radius 2 is 2.18 bits per heavy atom. The lowest BCUT2D eigenvalue weighted by Gasteiger charge is -2.07. The Kier molecular flexibility index (Phi) is 3.47. The lowest BCUT2D eigenvalue weighted by atomic mass is 9.99. The second-order valence-corrected chi connectivity index (χ2v) is 4.40. The second-order valence-electron chi connectivity index (χ2n) is 4.40. The molecule has 1 unspecified atom stereocenters. The molecule has 0 saturated heterocycles. The zero-order valence-corrected chi connectivity index (χ0v) is 10.1. The van der Waals surface area contributed by atoms with E-state index in [1.54, 1.807) is 0 Å². The SMILES string of the molecule is CC(C=O)=CC(C)Cc1ccc2c(c1)OCO2. The van der Waals surface area contributed by atoms with Crippen LogP contribution in [0.1, 0.15) is 19.4 Å². The highest BCUT2D eigenvalue weighted by Gasteiger charge is 2.13. The molecule has 0 saturated carbocycles. The van der Waals surface area contributed by atoms with Gasteiger partial charge in [-0.05, 0) is 42.5 Å². The summed E-state index contributed by atoms with van der Waals surface area (Å²) in [5, 5.41) is 0. The van der Waals surface area contributed by atoms with Gasteiger partial charge in [0.25, 0.3) is 0 Å². The number of allylic oxidation sites excluding steroid dienone is 2. The fourth-order valence-electron chi connectivity index (χ4n) is 1.99. The number of ether oxygens (including phenoxy) is 2. The summed E-state index contributed by atoms with van der Waals surface area (Å²) in [6, 6.07) is 5.97. The van der Waals surface area contributed by atoms with E-state index in [-0.39, 0.29) is 0 Å². The molecular formula is C14H16O3. The van der Waals surface area contributed by atoms with Gasteiger partial charge >= 0.3 is 0 Å². The lowest BCUT2D eigenvalue weighted by molar-refractivity contribution is -0.104. The van der Waals surface area contributed by atoms with Gasteiger partial charge in [-0.15, -0.1) is 0 Å². The number of hydrogen-bond donors (Lipinski definition) is 0. The maximum atomic E-state index is 10.5. The molecule has 1 aliphatic rings. The number of rotatable bonds is 4. The van der Waals surface area contributed by atoms with Gasteiger partial charge in [0.15, 0.2) is 11.5 Å². The third-order valence-electron chi connectivity index (χ3n) is 2.73. The van der Waals surface area contributed by atoms with Gasteiger partial charge in [0.1, 0.15) is 6.29 Å². The van der Waals surface area contributed by atoms with Crippen molar-refractivity contribution in [2.45, 2.75) is 20.3 Å². The summed E-state index contributed by atoms with van der Waals surface area (Å²) >= 11 is 0. The molecule has 3 nitrogen and oxygen atoms in total. The van der Waals surface area contributed by atoms with Crippen molar-refractivity contribution in [1.82, 2.24) is 0 Å². The van der Waals surface area contributed by atoms with Crippen LogP contribution in [0.4, 0.5) is 0 Å². The van der Waals surface area contributed by atoms with Gasteiger partial charge in [-0.25, -0.2) is 0 Å². The van der Waals surface area contributed by atoms with Crippen LogP contribution >= 0.6 is 0 Å². The van der Waals surface area contributed by atoms with Crippen molar-refractivity contribution in [1.29, 1.82) is 0 Å². The summed E-state index contributed by atoms with van der Waals surface area (Å²) in [6.45, 7) is 4.22. The van der Waals surface area contributed by atoms with Gasteiger partial charge < -0.3 is 9.47 Å². The topological polar surface area (TPSA) is 35.5 Å². The molecule has 0 N–H and O–H groups in total. The molecule has 1 aromatic carbocycles. The van der Waals surface area contributed by atoms with Gasteiger partial charge in [0.05, 0.1) is 0 Å².